The zero-order valence-electron chi connectivity index (χ0n) is 9.07. The van der Waals surface area contributed by atoms with Crippen LogP contribution in [0.3, 0.4) is 0 Å². The fraction of sp³-hybridized carbons (Fsp3) is 0. The van der Waals surface area contributed by atoms with Crippen LogP contribution in [-0.4, -0.2) is 0 Å². The van der Waals surface area contributed by atoms with Gasteiger partial charge in [0.05, 0.1) is 0 Å². The maximum Gasteiger partial charge on any atom is 0.0410 e. The lowest BCUT2D eigenvalue weighted by molar-refractivity contribution is 1.74. The lowest BCUT2D eigenvalue weighted by Crippen LogP contribution is -1.83. The lowest BCUT2D eigenvalue weighted by atomic mass is 9.97. The molecule has 3 aromatic carbocycles. The smallest absolute Gasteiger partial charge is 0.0410 e. The molecule has 0 atom stereocenters. The van der Waals surface area contributed by atoms with Crippen LogP contribution in [0.5, 0.6) is 0 Å². The van der Waals surface area contributed by atoms with E-state index in [4.69, 9.17) is 0 Å². The van der Waals surface area contributed by atoms with Crippen molar-refractivity contribution in [2.75, 3.05) is 0 Å². The quantitative estimate of drug-likeness (QED) is 0.318. The van der Waals surface area contributed by atoms with Crippen molar-refractivity contribution in [2.45, 2.75) is 0 Å². The molecule has 0 radical (unpaired) electrons. The van der Waals surface area contributed by atoms with Crippen molar-refractivity contribution in [3.05, 3.63) is 60.2 Å². The van der Waals surface area contributed by atoms with Gasteiger partial charge in [-0.15, -0.1) is 0 Å². The van der Waals surface area contributed by atoms with Crippen molar-refractivity contribution >= 4 is 44.1 Å². The molecule has 0 unspecified atom stereocenters. The van der Waals surface area contributed by atoms with Crippen LogP contribution in [0.1, 0.15) is 5.56 Å². The third-order valence-electron chi connectivity index (χ3n) is 2.94. The first-order valence-corrected chi connectivity index (χ1v) is 6.50. The Bertz CT molecular complexity index is 706. The molecule has 80 valence electrons. The minimum Gasteiger partial charge on any atom is -0.0616 e. The zero-order chi connectivity index (χ0) is 11.7. The predicted octanol–water partition coefficient (Wildman–Crippen LogP) is 4.74. The van der Waals surface area contributed by atoms with E-state index in [9.17, 15) is 0 Å². The van der Waals surface area contributed by atoms with Crippen LogP contribution >= 0.6 is 22.6 Å². The zero-order valence-corrected chi connectivity index (χ0v) is 11.2. The van der Waals surface area contributed by atoms with Crippen LogP contribution < -0.4 is 0 Å². The van der Waals surface area contributed by atoms with E-state index in [1.54, 1.807) is 0 Å². The van der Waals surface area contributed by atoms with Crippen LogP contribution in [0.4, 0.5) is 0 Å². The van der Waals surface area contributed by atoms with E-state index in [-0.39, 0.29) is 0 Å². The van der Waals surface area contributed by atoms with Crippen molar-refractivity contribution in [1.29, 1.82) is 0 Å². The van der Waals surface area contributed by atoms with Crippen molar-refractivity contribution in [1.82, 2.24) is 0 Å². The Labute approximate surface area is 114 Å². The Balaban J connectivity index is 2.59. The first kappa shape index (κ1) is 10.6. The standard InChI is InChI=1S/C16H9I/c17-10-9-16-14-7-3-1-5-12(14)11-13-6-2-4-8-15(13)16/h1-8,11H. The molecule has 0 N–H and O–H groups in total. The fourth-order valence-electron chi connectivity index (χ4n) is 2.20. The van der Waals surface area contributed by atoms with Gasteiger partial charge in [-0.05, 0) is 31.5 Å². The molecule has 0 saturated carbocycles. The summed E-state index contributed by atoms with van der Waals surface area (Å²) in [5.41, 5.74) is 1.13. The van der Waals surface area contributed by atoms with Gasteiger partial charge in [0.15, 0.2) is 0 Å². The molecule has 0 spiro atoms. The van der Waals surface area contributed by atoms with E-state index >= 15 is 0 Å². The van der Waals surface area contributed by atoms with Gasteiger partial charge in [-0.3, -0.25) is 0 Å². The summed E-state index contributed by atoms with van der Waals surface area (Å²) in [5.74, 6) is 3.23. The Morgan fingerprint density at radius 3 is 1.82 bits per heavy atom. The van der Waals surface area contributed by atoms with Crippen molar-refractivity contribution in [3.8, 4) is 9.85 Å². The number of rotatable bonds is 0. The van der Waals surface area contributed by atoms with Gasteiger partial charge in [-0.25, -0.2) is 0 Å². The maximum absolute atomic E-state index is 3.23. The molecule has 0 aliphatic carbocycles. The summed E-state index contributed by atoms with van der Waals surface area (Å²) < 4.78 is 2.99. The second-order valence-electron chi connectivity index (χ2n) is 3.91. The van der Waals surface area contributed by atoms with E-state index in [0.29, 0.717) is 0 Å². The van der Waals surface area contributed by atoms with Crippen LogP contribution in [-0.2, 0) is 0 Å². The Morgan fingerprint density at radius 1 is 0.765 bits per heavy atom. The molecule has 1 heteroatoms. The molecule has 0 nitrogen and oxygen atoms in total. The summed E-state index contributed by atoms with van der Waals surface area (Å²) in [7, 11) is 0. The minimum atomic E-state index is 1.13. The van der Waals surface area contributed by atoms with E-state index < -0.39 is 0 Å². The number of benzene rings is 3. The van der Waals surface area contributed by atoms with Crippen LogP contribution in [0.25, 0.3) is 21.5 Å². The van der Waals surface area contributed by atoms with Gasteiger partial charge in [0.2, 0.25) is 0 Å². The topological polar surface area (TPSA) is 0 Å². The third kappa shape index (κ3) is 1.79. The van der Waals surface area contributed by atoms with Gasteiger partial charge in [0.1, 0.15) is 0 Å². The van der Waals surface area contributed by atoms with Gasteiger partial charge in [0, 0.05) is 28.2 Å². The molecular formula is C16H9I. The van der Waals surface area contributed by atoms with Gasteiger partial charge in [0.25, 0.3) is 0 Å². The van der Waals surface area contributed by atoms with Gasteiger partial charge >= 0.3 is 0 Å². The van der Waals surface area contributed by atoms with Crippen LogP contribution in [0, 0.1) is 9.85 Å². The average molecular weight is 328 g/mol. The van der Waals surface area contributed by atoms with E-state index in [1.807, 2.05) is 0 Å². The van der Waals surface area contributed by atoms with E-state index in [1.165, 1.54) is 21.5 Å². The third-order valence-corrected chi connectivity index (χ3v) is 3.21. The van der Waals surface area contributed by atoms with Gasteiger partial charge in [-0.2, -0.15) is 0 Å². The lowest BCUT2D eigenvalue weighted by Gasteiger charge is -2.06. The molecule has 3 aromatic rings. The highest BCUT2D eigenvalue weighted by Crippen LogP contribution is 2.27. The first-order chi connectivity index (χ1) is 8.40. The molecule has 0 heterocycles. The minimum absolute atomic E-state index is 1.13. The molecule has 0 bridgehead atoms. The highest BCUT2D eigenvalue weighted by Gasteiger charge is 2.04. The highest BCUT2D eigenvalue weighted by molar-refractivity contribution is 14.1. The second kappa shape index (κ2) is 4.38. The monoisotopic (exact) mass is 328 g/mol. The number of hydrogen-bond acceptors (Lipinski definition) is 0. The summed E-state index contributed by atoms with van der Waals surface area (Å²) in [6.45, 7) is 0. The van der Waals surface area contributed by atoms with Crippen LogP contribution in [0.2, 0.25) is 0 Å². The number of halogens is 1. The fourth-order valence-corrected chi connectivity index (χ4v) is 2.47. The average Bonchev–Trinajstić information content (AvgIpc) is 2.39. The van der Waals surface area contributed by atoms with Crippen molar-refractivity contribution < 1.29 is 0 Å². The maximum atomic E-state index is 3.23. The first-order valence-electron chi connectivity index (χ1n) is 5.42. The SMILES string of the molecule is IC#Cc1c2ccccc2cc2ccccc12. The molecule has 0 aliphatic heterocycles. The Hall–Kier alpha value is -1.53. The molecule has 0 aliphatic rings. The largest absolute Gasteiger partial charge is 0.0616 e. The number of hydrogen-bond donors (Lipinski definition) is 0. The molecular weight excluding hydrogens is 319 g/mol. The summed E-state index contributed by atoms with van der Waals surface area (Å²) in [5, 5.41) is 4.96. The van der Waals surface area contributed by atoms with Gasteiger partial charge < -0.3 is 0 Å². The molecule has 0 saturated heterocycles. The molecule has 17 heavy (non-hydrogen) atoms. The summed E-state index contributed by atoms with van der Waals surface area (Å²) in [6, 6.07) is 19.0. The second-order valence-corrected chi connectivity index (χ2v) is 4.45. The summed E-state index contributed by atoms with van der Waals surface area (Å²) in [6.07, 6.45) is 0. The van der Waals surface area contributed by atoms with Crippen molar-refractivity contribution in [3.63, 3.8) is 0 Å². The molecule has 3 rings (SSSR count). The summed E-state index contributed by atoms with van der Waals surface area (Å²) >= 11 is 2.10. The van der Waals surface area contributed by atoms with E-state index in [2.05, 4.69) is 87.0 Å². The predicted molar refractivity (Wildman–Crippen MR) is 82.4 cm³/mol. The van der Waals surface area contributed by atoms with Gasteiger partial charge in [-0.1, -0.05) is 54.5 Å². The Morgan fingerprint density at radius 2 is 1.29 bits per heavy atom. The highest BCUT2D eigenvalue weighted by atomic mass is 127. The number of fused-ring (bicyclic) bond motifs is 2. The normalized spacial score (nSPS) is 10.2. The molecule has 0 amide bonds. The Kier molecular flexibility index (Phi) is 2.74. The molecule has 0 fully saturated rings. The van der Waals surface area contributed by atoms with Crippen molar-refractivity contribution in [2.24, 2.45) is 0 Å². The van der Waals surface area contributed by atoms with E-state index in [0.717, 1.165) is 5.56 Å². The summed E-state index contributed by atoms with van der Waals surface area (Å²) in [4.78, 5) is 0. The molecule has 0 aromatic heterocycles. The van der Waals surface area contributed by atoms with Crippen LogP contribution in [0.15, 0.2) is 54.6 Å².